The van der Waals surface area contributed by atoms with E-state index in [0.29, 0.717) is 0 Å². The molecule has 0 fully saturated rings. The summed E-state index contributed by atoms with van der Waals surface area (Å²) in [4.78, 5) is 33.6. The second-order valence-electron chi connectivity index (χ2n) is 3.69. The van der Waals surface area contributed by atoms with E-state index in [0.717, 1.165) is 0 Å². The number of nitrogens with one attached hydrogen (secondary N) is 2. The summed E-state index contributed by atoms with van der Waals surface area (Å²) in [5.74, 6) is -1.75. The number of benzene rings is 1. The average Bonchev–Trinajstić information content (AvgIpc) is 2.37. The Bertz CT molecular complexity index is 501. The minimum atomic E-state index is -1.16. The van der Waals surface area contributed by atoms with Gasteiger partial charge in [-0.25, -0.2) is 14.4 Å². The molecule has 0 radical (unpaired) electrons. The molecule has 0 heterocycles. The third kappa shape index (κ3) is 3.98. The van der Waals surface area contributed by atoms with Crippen LogP contribution in [0, 0.1) is 0 Å². The van der Waals surface area contributed by atoms with E-state index in [9.17, 15) is 14.4 Å². The zero-order chi connectivity index (χ0) is 14.4. The number of carbonyl (C=O) groups is 3. The maximum Gasteiger partial charge on any atom is 0.337 e. The monoisotopic (exact) mass is 266 g/mol. The molecule has 7 nitrogen and oxygen atoms in total. The van der Waals surface area contributed by atoms with E-state index >= 15 is 0 Å². The normalized spacial score (nSPS) is 11.3. The van der Waals surface area contributed by atoms with Gasteiger partial charge in [0, 0.05) is 0 Å². The van der Waals surface area contributed by atoms with Crippen LogP contribution in [0.4, 0.5) is 10.5 Å². The molecule has 7 heteroatoms. The minimum Gasteiger partial charge on any atom is -0.478 e. The highest BCUT2D eigenvalue weighted by molar-refractivity contribution is 6.00. The first-order valence-electron chi connectivity index (χ1n) is 5.43. The van der Waals surface area contributed by atoms with Crippen molar-refractivity contribution in [3.63, 3.8) is 0 Å². The number of carboxylic acid groups (broad SMARTS) is 1. The number of carboxylic acids is 1. The highest BCUT2D eigenvalue weighted by Gasteiger charge is 2.17. The first-order valence-corrected chi connectivity index (χ1v) is 5.43. The standard InChI is InChI=1S/C12H14N2O5/c1-7(11(17)19-2)13-12(18)14-9-6-4-3-5-8(9)10(15)16/h3-7H,1-2H3,(H,15,16)(H2,13,14,18). The van der Waals surface area contributed by atoms with Crippen molar-refractivity contribution in [2.45, 2.75) is 13.0 Å². The van der Waals surface area contributed by atoms with Crippen molar-refractivity contribution >= 4 is 23.7 Å². The van der Waals surface area contributed by atoms with Crippen molar-refractivity contribution < 1.29 is 24.2 Å². The van der Waals surface area contributed by atoms with Crippen LogP contribution in [-0.4, -0.2) is 36.2 Å². The molecule has 2 amide bonds. The third-order valence-electron chi connectivity index (χ3n) is 2.31. The Morgan fingerprint density at radius 1 is 1.26 bits per heavy atom. The number of para-hydroxylation sites is 1. The van der Waals surface area contributed by atoms with E-state index in [1.807, 2.05) is 0 Å². The number of hydrogen-bond acceptors (Lipinski definition) is 4. The number of carbonyl (C=O) groups excluding carboxylic acids is 2. The van der Waals surface area contributed by atoms with Crippen LogP contribution in [0.25, 0.3) is 0 Å². The van der Waals surface area contributed by atoms with Gasteiger partial charge in [-0.05, 0) is 19.1 Å². The molecule has 0 bridgehead atoms. The van der Waals surface area contributed by atoms with E-state index in [1.165, 1.54) is 26.2 Å². The molecule has 19 heavy (non-hydrogen) atoms. The largest absolute Gasteiger partial charge is 0.478 e. The summed E-state index contributed by atoms with van der Waals surface area (Å²) < 4.78 is 4.45. The topological polar surface area (TPSA) is 105 Å². The Hall–Kier alpha value is -2.57. The van der Waals surface area contributed by atoms with Crippen molar-refractivity contribution in [3.05, 3.63) is 29.8 Å². The van der Waals surface area contributed by atoms with E-state index in [-0.39, 0.29) is 11.3 Å². The van der Waals surface area contributed by atoms with E-state index in [1.54, 1.807) is 12.1 Å². The summed E-state index contributed by atoms with van der Waals surface area (Å²) in [6, 6.07) is 4.43. The van der Waals surface area contributed by atoms with Gasteiger partial charge in [-0.3, -0.25) is 0 Å². The van der Waals surface area contributed by atoms with Gasteiger partial charge in [-0.15, -0.1) is 0 Å². The van der Waals surface area contributed by atoms with E-state index in [4.69, 9.17) is 5.11 Å². The molecule has 102 valence electrons. The maximum atomic E-state index is 11.6. The fourth-order valence-electron chi connectivity index (χ4n) is 1.37. The number of ether oxygens (including phenoxy) is 1. The van der Waals surface area contributed by atoms with Gasteiger partial charge in [0.15, 0.2) is 0 Å². The first-order chi connectivity index (χ1) is 8.95. The number of anilines is 1. The highest BCUT2D eigenvalue weighted by atomic mass is 16.5. The van der Waals surface area contributed by atoms with Crippen LogP contribution in [0.3, 0.4) is 0 Å². The van der Waals surface area contributed by atoms with Gasteiger partial charge >= 0.3 is 18.0 Å². The first kappa shape index (κ1) is 14.5. The second-order valence-corrected chi connectivity index (χ2v) is 3.69. The lowest BCUT2D eigenvalue weighted by atomic mass is 10.2. The summed E-state index contributed by atoms with van der Waals surface area (Å²) in [5.41, 5.74) is 0.105. The summed E-state index contributed by atoms with van der Waals surface area (Å²) >= 11 is 0. The summed E-state index contributed by atoms with van der Waals surface area (Å²) in [6.45, 7) is 1.45. The van der Waals surface area contributed by atoms with Crippen LogP contribution in [0.5, 0.6) is 0 Å². The van der Waals surface area contributed by atoms with Gasteiger partial charge in [-0.1, -0.05) is 12.1 Å². The molecule has 0 aliphatic rings. The van der Waals surface area contributed by atoms with Gasteiger partial charge in [0.1, 0.15) is 6.04 Å². The molecule has 0 saturated carbocycles. The predicted molar refractivity (Wildman–Crippen MR) is 67.0 cm³/mol. The summed E-state index contributed by atoms with van der Waals surface area (Å²) in [5, 5.41) is 13.6. The fraction of sp³-hybridized carbons (Fsp3) is 0.250. The zero-order valence-electron chi connectivity index (χ0n) is 10.5. The lowest BCUT2D eigenvalue weighted by Gasteiger charge is -2.13. The minimum absolute atomic E-state index is 0.0385. The van der Waals surface area contributed by atoms with Crippen molar-refractivity contribution in [1.29, 1.82) is 0 Å². The van der Waals surface area contributed by atoms with Crippen LogP contribution in [0.2, 0.25) is 0 Å². The van der Waals surface area contributed by atoms with E-state index < -0.39 is 24.0 Å². The van der Waals surface area contributed by atoms with Crippen LogP contribution in [0.15, 0.2) is 24.3 Å². The predicted octanol–water partition coefficient (Wildman–Crippen LogP) is 1.07. The van der Waals surface area contributed by atoms with Crippen LogP contribution >= 0.6 is 0 Å². The average molecular weight is 266 g/mol. The number of amides is 2. The maximum absolute atomic E-state index is 11.6. The van der Waals surface area contributed by atoms with Gasteiger partial charge in [-0.2, -0.15) is 0 Å². The van der Waals surface area contributed by atoms with Crippen LogP contribution < -0.4 is 10.6 Å². The molecule has 0 aliphatic heterocycles. The smallest absolute Gasteiger partial charge is 0.337 e. The molecular formula is C12H14N2O5. The number of esters is 1. The van der Waals surface area contributed by atoms with E-state index in [2.05, 4.69) is 15.4 Å². The molecule has 1 unspecified atom stereocenters. The lowest BCUT2D eigenvalue weighted by Crippen LogP contribution is -2.41. The molecule has 3 N–H and O–H groups in total. The lowest BCUT2D eigenvalue weighted by molar-refractivity contribution is -0.142. The molecule has 1 aromatic carbocycles. The van der Waals surface area contributed by atoms with Gasteiger partial charge in [0.2, 0.25) is 0 Å². The molecule has 0 aliphatic carbocycles. The van der Waals surface area contributed by atoms with Crippen molar-refractivity contribution in [1.82, 2.24) is 5.32 Å². The molecular weight excluding hydrogens is 252 g/mol. The summed E-state index contributed by atoms with van der Waals surface area (Å²) in [7, 11) is 1.21. The van der Waals surface area contributed by atoms with Crippen molar-refractivity contribution in [2.24, 2.45) is 0 Å². The Labute approximate surface area is 109 Å². The molecule has 1 rings (SSSR count). The number of urea groups is 1. The SMILES string of the molecule is COC(=O)C(C)NC(=O)Nc1ccccc1C(=O)O. The number of methoxy groups -OCH3 is 1. The van der Waals surface area contributed by atoms with Gasteiger partial charge in [0.25, 0.3) is 0 Å². The number of aromatic carboxylic acids is 1. The molecule has 0 aromatic heterocycles. The third-order valence-corrected chi connectivity index (χ3v) is 2.31. The van der Waals surface area contributed by atoms with Crippen LogP contribution in [0.1, 0.15) is 17.3 Å². The molecule has 0 saturated heterocycles. The number of rotatable bonds is 4. The van der Waals surface area contributed by atoms with Crippen molar-refractivity contribution in [3.8, 4) is 0 Å². The van der Waals surface area contributed by atoms with Crippen molar-refractivity contribution in [2.75, 3.05) is 12.4 Å². The molecule has 1 atom stereocenters. The van der Waals surface area contributed by atoms with Gasteiger partial charge in [0.05, 0.1) is 18.4 Å². The molecule has 0 spiro atoms. The molecule has 1 aromatic rings. The quantitative estimate of drug-likeness (QED) is 0.707. The summed E-state index contributed by atoms with van der Waals surface area (Å²) in [6.07, 6.45) is 0. The Morgan fingerprint density at radius 2 is 1.89 bits per heavy atom. The van der Waals surface area contributed by atoms with Gasteiger partial charge < -0.3 is 20.5 Å². The highest BCUT2D eigenvalue weighted by Crippen LogP contribution is 2.14. The second kappa shape index (κ2) is 6.39. The Balaban J connectivity index is 2.72. The fourth-order valence-corrected chi connectivity index (χ4v) is 1.37. The Kier molecular flexibility index (Phi) is 4.87. The zero-order valence-corrected chi connectivity index (χ0v) is 10.5. The number of hydrogen-bond donors (Lipinski definition) is 3. The Morgan fingerprint density at radius 3 is 2.47 bits per heavy atom. The van der Waals surface area contributed by atoms with Crippen LogP contribution in [-0.2, 0) is 9.53 Å².